The fraction of sp³-hybridized carbons (Fsp3) is 0.411. The highest BCUT2D eigenvalue weighted by Gasteiger charge is 2.76. The summed E-state index contributed by atoms with van der Waals surface area (Å²) in [6.45, 7) is 10.4. The molecule has 7 heteroatoms. The Morgan fingerprint density at radius 2 is 1.52 bits per heavy atom. The fourth-order valence-electron chi connectivity index (χ4n) is 12.0. The number of ether oxygens (including phenoxy) is 1. The molecule has 3 fully saturated rings. The third kappa shape index (κ3) is 6.98. The Bertz CT molecular complexity index is 2630. The van der Waals surface area contributed by atoms with Gasteiger partial charge in [-0.1, -0.05) is 142 Å². The first kappa shape index (κ1) is 42.9. The van der Waals surface area contributed by atoms with Gasteiger partial charge in [0, 0.05) is 28.5 Å². The smallest absolute Gasteiger partial charge is 0.313 e. The molecule has 2 N–H and O–H groups in total. The van der Waals surface area contributed by atoms with Gasteiger partial charge in [-0.05, 0) is 122 Å². The first-order valence-electron chi connectivity index (χ1n) is 23.0. The van der Waals surface area contributed by atoms with Crippen molar-refractivity contribution in [1.29, 1.82) is 0 Å². The number of nitrogens with zero attached hydrogens (tertiary/aromatic N) is 1. The van der Waals surface area contributed by atoms with Crippen molar-refractivity contribution in [1.82, 2.24) is 4.90 Å². The number of fused-ring (bicyclic) bond motifs is 11. The van der Waals surface area contributed by atoms with Crippen LogP contribution in [0.1, 0.15) is 125 Å². The summed E-state index contributed by atoms with van der Waals surface area (Å²) >= 11 is 0. The van der Waals surface area contributed by atoms with E-state index < -0.39 is 33.6 Å². The van der Waals surface area contributed by atoms with E-state index >= 15 is 9.59 Å². The molecular weight excluding hydrogens is 783 g/mol. The Labute approximate surface area is 372 Å². The third-order valence-electron chi connectivity index (χ3n) is 16.6. The molecule has 0 radical (unpaired) electrons. The lowest BCUT2D eigenvalue weighted by Crippen LogP contribution is -2.60. The molecule has 2 saturated carbocycles. The number of aliphatic hydroxyl groups excluding tert-OH is 1. The summed E-state index contributed by atoms with van der Waals surface area (Å²) in [7, 11) is 0. The van der Waals surface area contributed by atoms with Crippen molar-refractivity contribution in [2.75, 3.05) is 6.54 Å². The minimum Gasteiger partial charge on any atom is -0.448 e. The van der Waals surface area contributed by atoms with Crippen LogP contribution in [0.3, 0.4) is 0 Å². The van der Waals surface area contributed by atoms with Crippen molar-refractivity contribution < 1.29 is 29.3 Å². The normalized spacial score (nSPS) is 28.9. The van der Waals surface area contributed by atoms with Gasteiger partial charge in [0.25, 0.3) is 5.91 Å². The Morgan fingerprint density at radius 3 is 2.29 bits per heavy atom. The maximum absolute atomic E-state index is 15.6. The highest BCUT2D eigenvalue weighted by molar-refractivity contribution is 6.14. The second-order valence-electron chi connectivity index (χ2n) is 20.2. The molecule has 4 aliphatic carbocycles. The topological polar surface area (TPSA) is 104 Å². The number of allylic oxidation sites excluding steroid dienone is 2. The summed E-state index contributed by atoms with van der Waals surface area (Å²) in [6, 6.07) is 38.1. The minimum absolute atomic E-state index is 0.0290. The van der Waals surface area contributed by atoms with Crippen molar-refractivity contribution >= 4 is 28.4 Å². The van der Waals surface area contributed by atoms with E-state index in [4.69, 9.17) is 4.74 Å². The van der Waals surface area contributed by atoms with Gasteiger partial charge >= 0.3 is 5.97 Å². The number of aliphatic hydroxyl groups is 2. The molecule has 1 amide bonds. The van der Waals surface area contributed by atoms with Gasteiger partial charge in [0.05, 0.1) is 23.7 Å². The number of hydrogen-bond donors (Lipinski definition) is 2. The van der Waals surface area contributed by atoms with Crippen LogP contribution in [0.15, 0.2) is 127 Å². The molecule has 0 unspecified atom stereocenters. The van der Waals surface area contributed by atoms with Gasteiger partial charge in [0.15, 0.2) is 11.4 Å². The lowest BCUT2D eigenvalue weighted by Gasteiger charge is -2.47. The predicted octanol–water partition coefficient (Wildman–Crippen LogP) is 10.9. The van der Waals surface area contributed by atoms with Crippen molar-refractivity contribution in [3.05, 3.63) is 155 Å². The molecule has 63 heavy (non-hydrogen) atoms. The van der Waals surface area contributed by atoms with Crippen LogP contribution in [0.2, 0.25) is 0 Å². The van der Waals surface area contributed by atoms with Crippen LogP contribution in [-0.2, 0) is 27.3 Å². The lowest BCUT2D eigenvalue weighted by atomic mass is 9.64. The summed E-state index contributed by atoms with van der Waals surface area (Å²) in [4.78, 5) is 46.3. The van der Waals surface area contributed by atoms with E-state index in [0.717, 1.165) is 45.0 Å². The molecule has 0 spiro atoms. The zero-order valence-electron chi connectivity index (χ0n) is 37.5. The van der Waals surface area contributed by atoms with Crippen LogP contribution in [0, 0.1) is 16.2 Å². The molecule has 4 bridgehead atoms. The van der Waals surface area contributed by atoms with Gasteiger partial charge in [0.1, 0.15) is 0 Å². The summed E-state index contributed by atoms with van der Waals surface area (Å²) < 4.78 is 6.26. The zero-order chi connectivity index (χ0) is 44.4. The van der Waals surface area contributed by atoms with Gasteiger partial charge in [-0.15, -0.1) is 0 Å². The molecule has 5 aromatic carbocycles. The number of ketones is 1. The van der Waals surface area contributed by atoms with E-state index in [1.165, 1.54) is 5.57 Å². The maximum atomic E-state index is 15.6. The van der Waals surface area contributed by atoms with Crippen molar-refractivity contribution in [2.24, 2.45) is 16.2 Å². The molecule has 0 aromatic heterocycles. The Hall–Kier alpha value is -5.37. The monoisotopic (exact) mass is 843 g/mol. The number of carbonyl (C=O) groups excluding carboxylic acids is 3. The highest BCUT2D eigenvalue weighted by Crippen LogP contribution is 2.66. The van der Waals surface area contributed by atoms with Crippen LogP contribution in [0.5, 0.6) is 0 Å². The van der Waals surface area contributed by atoms with Crippen LogP contribution >= 0.6 is 0 Å². The van der Waals surface area contributed by atoms with Gasteiger partial charge in [0.2, 0.25) is 0 Å². The van der Waals surface area contributed by atoms with E-state index in [1.807, 2.05) is 112 Å². The molecule has 10 rings (SSSR count). The Kier molecular flexibility index (Phi) is 10.9. The van der Waals surface area contributed by atoms with Crippen LogP contribution < -0.4 is 0 Å². The molecule has 5 aromatic rings. The number of amides is 1. The zero-order valence-corrected chi connectivity index (χ0v) is 37.5. The molecule has 5 aliphatic rings. The predicted molar refractivity (Wildman–Crippen MR) is 248 cm³/mol. The van der Waals surface area contributed by atoms with E-state index in [0.29, 0.717) is 62.5 Å². The number of benzene rings is 5. The van der Waals surface area contributed by atoms with Crippen molar-refractivity contribution in [3.63, 3.8) is 0 Å². The first-order valence-corrected chi connectivity index (χ1v) is 23.0. The van der Waals surface area contributed by atoms with Gasteiger partial charge in [-0.3, -0.25) is 14.4 Å². The van der Waals surface area contributed by atoms with E-state index in [2.05, 4.69) is 44.2 Å². The largest absolute Gasteiger partial charge is 0.448 e. The Morgan fingerprint density at radius 1 is 0.794 bits per heavy atom. The molecule has 1 saturated heterocycles. The van der Waals surface area contributed by atoms with Crippen LogP contribution in [0.4, 0.5) is 0 Å². The minimum atomic E-state index is -1.39. The standard InChI is InChI=1S/C56H61NO6/c1-37-15-14-29-53(4)48(45-27-25-38(33-42(58)26-24-37)34-47(45)49(59)46-23-12-11-22-44(46)40-16-7-6-8-17-40)28-30-55(53,62)36-57(35-41-20-13-19-39-18-9-10-21-43(39)41)50(60)56-32-31-54(5,51(61)63-56)52(56,2)3/h6-13,15-23,25,27,34,42,48,58,62H,14,24,26,28-33,35-36H2,1-5H3/t42-,48-,53-,54-,55+,56+/m0/s1. The molecule has 6 atom stereocenters. The van der Waals surface area contributed by atoms with Crippen molar-refractivity contribution in [3.8, 4) is 11.1 Å². The van der Waals surface area contributed by atoms with Gasteiger partial charge < -0.3 is 19.8 Å². The number of esters is 1. The van der Waals surface area contributed by atoms with Gasteiger partial charge in [-0.2, -0.15) is 0 Å². The summed E-state index contributed by atoms with van der Waals surface area (Å²) in [5.41, 5.74) is 1.76. The van der Waals surface area contributed by atoms with Gasteiger partial charge in [-0.25, -0.2) is 0 Å². The Balaban J connectivity index is 1.17. The average molecular weight is 844 g/mol. The summed E-state index contributed by atoms with van der Waals surface area (Å²) in [5, 5.41) is 27.0. The SMILES string of the molecule is CC1=CCC[C@@]2(C)[C@@H](CC[C@@]2(O)CN(Cc2cccc3ccccc23)C(=O)[C@@]23CC[C@@](C)(C(=O)O2)C3(C)C)c2ccc(cc2C(=O)c2ccccc2-c2ccccc2)C[C@@H](O)CC1. The second kappa shape index (κ2) is 16.0. The number of rotatable bonds is 8. The molecule has 1 aliphatic heterocycles. The molecule has 1 heterocycles. The second-order valence-corrected chi connectivity index (χ2v) is 20.2. The maximum Gasteiger partial charge on any atom is 0.313 e. The van der Waals surface area contributed by atoms with E-state index in [1.54, 1.807) is 4.90 Å². The number of carbonyl (C=O) groups is 3. The van der Waals surface area contributed by atoms with E-state index in [-0.39, 0.29) is 36.7 Å². The first-order chi connectivity index (χ1) is 30.1. The van der Waals surface area contributed by atoms with E-state index in [9.17, 15) is 15.0 Å². The molecular formula is C56H61NO6. The van der Waals surface area contributed by atoms with Crippen LogP contribution in [-0.4, -0.2) is 56.6 Å². The molecule has 7 nitrogen and oxygen atoms in total. The van der Waals surface area contributed by atoms with Crippen LogP contribution in [0.25, 0.3) is 21.9 Å². The lowest BCUT2D eigenvalue weighted by molar-refractivity contribution is -0.178. The quantitative estimate of drug-likeness (QED) is 0.0916. The molecule has 326 valence electrons. The average Bonchev–Trinajstić information content (AvgIpc) is 3.72. The highest BCUT2D eigenvalue weighted by atomic mass is 16.6. The third-order valence-corrected chi connectivity index (χ3v) is 16.6. The summed E-state index contributed by atoms with van der Waals surface area (Å²) in [6.07, 6.45) is 6.69. The summed E-state index contributed by atoms with van der Waals surface area (Å²) in [5.74, 6) is -0.936. The fourth-order valence-corrected chi connectivity index (χ4v) is 12.0. The number of hydrogen-bond acceptors (Lipinski definition) is 6. The van der Waals surface area contributed by atoms with Crippen molar-refractivity contribution in [2.45, 2.75) is 122 Å².